The summed E-state index contributed by atoms with van der Waals surface area (Å²) in [4.78, 5) is 23.0. The molecule has 0 aromatic carbocycles. The molecule has 0 aliphatic heterocycles. The molecule has 0 saturated heterocycles. The third-order valence-corrected chi connectivity index (χ3v) is 0.801. The van der Waals surface area contributed by atoms with Gasteiger partial charge >= 0.3 is 12.3 Å². The highest BCUT2D eigenvalue weighted by Crippen LogP contribution is 2.06. The Morgan fingerprint density at radius 1 is 1.19 bits per heavy atom. The van der Waals surface area contributed by atoms with Crippen LogP contribution in [0.1, 0.15) is 34.6 Å². The van der Waals surface area contributed by atoms with E-state index in [1.165, 1.54) is 0 Å². The van der Waals surface area contributed by atoms with Gasteiger partial charge in [0.1, 0.15) is 5.60 Å². The highest BCUT2D eigenvalue weighted by molar-refractivity contribution is 5.59. The van der Waals surface area contributed by atoms with Crippen molar-refractivity contribution in [2.75, 3.05) is 0 Å². The minimum Gasteiger partial charge on any atom is -0.450 e. The van der Waals surface area contributed by atoms with Gasteiger partial charge < -0.3 is 14.6 Å². The zero-order valence-corrected chi connectivity index (χ0v) is 10.0. The van der Waals surface area contributed by atoms with Crippen molar-refractivity contribution in [1.82, 2.24) is 0 Å². The van der Waals surface area contributed by atoms with Gasteiger partial charge in [-0.2, -0.15) is 5.26 Å². The lowest BCUT2D eigenvalue weighted by atomic mass is 10.2. The Labute approximate surface area is 93.8 Å². The molecule has 0 heterocycles. The lowest BCUT2D eigenvalue weighted by Gasteiger charge is -2.16. The van der Waals surface area contributed by atoms with Crippen molar-refractivity contribution in [3.63, 3.8) is 0 Å². The number of hydrogen-bond acceptors (Lipinski definition) is 6. The average molecular weight is 238 g/mol. The number of carbonyl (C=O) groups excluding carboxylic acids is 1. The Balaban J connectivity index is 0. The smallest absolute Gasteiger partial charge is 0.450 e. The summed E-state index contributed by atoms with van der Waals surface area (Å²) in [6.07, 6.45) is -2.52. The van der Waals surface area contributed by atoms with Gasteiger partial charge in [0, 0.05) is 0 Å². The standard InChI is InChI=1S/C5H10O4.C4H8O3/c1-5(2,3)8-4(6)9-7;1-3(2)7-4(5)6/h7H,1-3H3;3H,1-2H3,(H,5,6). The summed E-state index contributed by atoms with van der Waals surface area (Å²) in [6.45, 7) is 8.33. The highest BCUT2D eigenvalue weighted by atomic mass is 17.1. The first-order valence-electron chi connectivity index (χ1n) is 4.52. The fourth-order valence-corrected chi connectivity index (χ4v) is 0.470. The second-order valence-corrected chi connectivity index (χ2v) is 3.99. The second kappa shape index (κ2) is 7.75. The van der Waals surface area contributed by atoms with Gasteiger partial charge in [0.2, 0.25) is 0 Å². The van der Waals surface area contributed by atoms with Gasteiger partial charge in [-0.05, 0) is 34.6 Å². The van der Waals surface area contributed by atoms with Crippen molar-refractivity contribution < 1.29 is 34.3 Å². The molecule has 0 aliphatic carbocycles. The van der Waals surface area contributed by atoms with E-state index >= 15 is 0 Å². The summed E-state index contributed by atoms with van der Waals surface area (Å²) in [5.74, 6) is 0. The van der Waals surface area contributed by atoms with E-state index in [4.69, 9.17) is 10.4 Å². The van der Waals surface area contributed by atoms with E-state index in [-0.39, 0.29) is 6.10 Å². The molecule has 7 nitrogen and oxygen atoms in total. The summed E-state index contributed by atoms with van der Waals surface area (Å²) < 4.78 is 8.64. The van der Waals surface area contributed by atoms with Gasteiger partial charge in [0.05, 0.1) is 6.10 Å². The molecule has 0 atom stereocenters. The van der Waals surface area contributed by atoms with Crippen LogP contribution in [0.4, 0.5) is 9.59 Å². The predicted octanol–water partition coefficient (Wildman–Crippen LogP) is 2.50. The molecule has 7 heteroatoms. The van der Waals surface area contributed by atoms with Gasteiger partial charge in [-0.25, -0.2) is 9.59 Å². The highest BCUT2D eigenvalue weighted by Gasteiger charge is 2.16. The fourth-order valence-electron chi connectivity index (χ4n) is 0.470. The largest absolute Gasteiger partial charge is 0.540 e. The molecule has 0 saturated carbocycles. The maximum absolute atomic E-state index is 10.1. The molecule has 0 aromatic rings. The quantitative estimate of drug-likeness (QED) is 0.411. The molecule has 0 amide bonds. The molecule has 2 N–H and O–H groups in total. The van der Waals surface area contributed by atoms with Crippen LogP contribution in [0.2, 0.25) is 0 Å². The van der Waals surface area contributed by atoms with E-state index in [0.717, 1.165) is 0 Å². The normalized spacial score (nSPS) is 9.94. The van der Waals surface area contributed by atoms with Crippen LogP contribution >= 0.6 is 0 Å². The number of carbonyl (C=O) groups is 2. The Kier molecular flexibility index (Phi) is 8.19. The van der Waals surface area contributed by atoms with Crippen molar-refractivity contribution in [3.8, 4) is 0 Å². The first-order chi connectivity index (χ1) is 7.08. The Bertz CT molecular complexity index is 216. The van der Waals surface area contributed by atoms with Gasteiger partial charge in [-0.3, -0.25) is 4.89 Å². The maximum Gasteiger partial charge on any atom is 0.540 e. The van der Waals surface area contributed by atoms with Crippen LogP contribution in [-0.2, 0) is 14.4 Å². The molecule has 96 valence electrons. The van der Waals surface area contributed by atoms with Crippen molar-refractivity contribution in [2.45, 2.75) is 46.3 Å². The number of carboxylic acid groups (broad SMARTS) is 1. The minimum atomic E-state index is -1.21. The first-order valence-corrected chi connectivity index (χ1v) is 4.52. The van der Waals surface area contributed by atoms with E-state index in [9.17, 15) is 9.59 Å². The molecule has 0 unspecified atom stereocenters. The molecule has 0 bridgehead atoms. The van der Waals surface area contributed by atoms with Crippen LogP contribution in [0.5, 0.6) is 0 Å². The lowest BCUT2D eigenvalue weighted by Crippen LogP contribution is -2.23. The summed E-state index contributed by atoms with van der Waals surface area (Å²) in [5, 5.41) is 15.6. The third-order valence-electron chi connectivity index (χ3n) is 0.801. The Hall–Kier alpha value is -1.50. The van der Waals surface area contributed by atoms with Crippen LogP contribution in [0, 0.1) is 0 Å². The monoisotopic (exact) mass is 238 g/mol. The van der Waals surface area contributed by atoms with E-state index < -0.39 is 17.9 Å². The molecule has 0 aliphatic rings. The van der Waals surface area contributed by atoms with E-state index in [2.05, 4.69) is 14.4 Å². The van der Waals surface area contributed by atoms with Crippen LogP contribution < -0.4 is 0 Å². The molecule has 0 aromatic heterocycles. The van der Waals surface area contributed by atoms with Crippen LogP contribution in [-0.4, -0.2) is 34.4 Å². The topological polar surface area (TPSA) is 102 Å². The number of ether oxygens (including phenoxy) is 2. The van der Waals surface area contributed by atoms with Crippen molar-refractivity contribution in [3.05, 3.63) is 0 Å². The zero-order valence-electron chi connectivity index (χ0n) is 10.0. The first kappa shape index (κ1) is 16.9. The van der Waals surface area contributed by atoms with Gasteiger partial charge in [0.15, 0.2) is 0 Å². The summed E-state index contributed by atoms with van der Waals surface area (Å²) >= 11 is 0. The van der Waals surface area contributed by atoms with Crippen molar-refractivity contribution >= 4 is 12.3 Å². The molecular formula is C9H18O7. The van der Waals surface area contributed by atoms with Gasteiger partial charge in [0.25, 0.3) is 0 Å². The second-order valence-electron chi connectivity index (χ2n) is 3.99. The average Bonchev–Trinajstić information content (AvgIpc) is 1.99. The Morgan fingerprint density at radius 3 is 1.69 bits per heavy atom. The number of rotatable bonds is 1. The predicted molar refractivity (Wildman–Crippen MR) is 54.2 cm³/mol. The molecular weight excluding hydrogens is 220 g/mol. The van der Waals surface area contributed by atoms with E-state index in [0.29, 0.717) is 0 Å². The van der Waals surface area contributed by atoms with Crippen molar-refractivity contribution in [1.29, 1.82) is 0 Å². The molecule has 0 fully saturated rings. The van der Waals surface area contributed by atoms with Gasteiger partial charge in [-0.15, -0.1) is 0 Å². The summed E-state index contributed by atoms with van der Waals surface area (Å²) in [5.41, 5.74) is -0.611. The van der Waals surface area contributed by atoms with E-state index in [1.807, 2.05) is 0 Å². The van der Waals surface area contributed by atoms with Crippen LogP contribution in [0.25, 0.3) is 0 Å². The van der Waals surface area contributed by atoms with Gasteiger partial charge in [-0.1, -0.05) is 0 Å². The molecule has 0 spiro atoms. The van der Waals surface area contributed by atoms with Crippen LogP contribution in [0.3, 0.4) is 0 Å². The molecule has 16 heavy (non-hydrogen) atoms. The molecule has 0 radical (unpaired) electrons. The third kappa shape index (κ3) is 18.3. The molecule has 0 rings (SSSR count). The maximum atomic E-state index is 10.1. The van der Waals surface area contributed by atoms with Crippen LogP contribution in [0.15, 0.2) is 0 Å². The SMILES string of the molecule is CC(C)(C)OC(=O)OO.CC(C)OC(=O)O. The number of hydrogen-bond donors (Lipinski definition) is 2. The zero-order chi connectivity index (χ0) is 13.4. The fraction of sp³-hybridized carbons (Fsp3) is 0.778. The lowest BCUT2D eigenvalue weighted by molar-refractivity contribution is -0.210. The van der Waals surface area contributed by atoms with E-state index in [1.54, 1.807) is 34.6 Å². The minimum absolute atomic E-state index is 0.225. The summed E-state index contributed by atoms with van der Waals surface area (Å²) in [6, 6.07) is 0. The Morgan fingerprint density at radius 2 is 1.62 bits per heavy atom. The van der Waals surface area contributed by atoms with Crippen molar-refractivity contribution in [2.24, 2.45) is 0 Å². The summed E-state index contributed by atoms with van der Waals surface area (Å²) in [7, 11) is 0.